The Morgan fingerprint density at radius 1 is 1.50 bits per heavy atom. The molecular weight excluding hydrogens is 257 g/mol. The molecular formula is C7H16INS. The Kier molecular flexibility index (Phi) is 7.43. The van der Waals surface area contributed by atoms with E-state index in [-0.39, 0.29) is 0 Å². The van der Waals surface area contributed by atoms with Gasteiger partial charge < -0.3 is 0 Å². The topological polar surface area (TPSA) is 3.24 Å². The monoisotopic (exact) mass is 273 g/mol. The summed E-state index contributed by atoms with van der Waals surface area (Å²) in [5, 5.41) is 0. The van der Waals surface area contributed by atoms with Gasteiger partial charge in [-0.15, -0.1) is 0 Å². The van der Waals surface area contributed by atoms with Crippen LogP contribution in [-0.2, 0) is 0 Å². The fourth-order valence-electron chi connectivity index (χ4n) is 0.554. The first-order chi connectivity index (χ1) is 4.68. The molecule has 0 aromatic rings. The SMILES string of the molecule is CCSCCN(I)C(C)C. The Hall–Kier alpha value is 1.04. The Morgan fingerprint density at radius 3 is 2.50 bits per heavy atom. The highest BCUT2D eigenvalue weighted by Gasteiger charge is 2.02. The maximum atomic E-state index is 2.39. The van der Waals surface area contributed by atoms with Crippen molar-refractivity contribution < 1.29 is 0 Å². The number of rotatable bonds is 5. The lowest BCUT2D eigenvalue weighted by Gasteiger charge is -2.17. The largest absolute Gasteiger partial charge is 0.244 e. The van der Waals surface area contributed by atoms with Gasteiger partial charge in [-0.1, -0.05) is 6.92 Å². The normalized spacial score (nSPS) is 11.4. The third-order valence-electron chi connectivity index (χ3n) is 1.21. The highest BCUT2D eigenvalue weighted by molar-refractivity contribution is 14.1. The van der Waals surface area contributed by atoms with Crippen LogP contribution in [0.4, 0.5) is 0 Å². The Bertz CT molecular complexity index is 78.0. The lowest BCUT2D eigenvalue weighted by atomic mass is 10.4. The minimum Gasteiger partial charge on any atom is -0.244 e. The van der Waals surface area contributed by atoms with Crippen LogP contribution in [0.1, 0.15) is 20.8 Å². The van der Waals surface area contributed by atoms with Gasteiger partial charge in [0, 0.05) is 41.2 Å². The van der Waals surface area contributed by atoms with E-state index in [1.165, 1.54) is 18.1 Å². The van der Waals surface area contributed by atoms with Gasteiger partial charge in [-0.25, -0.2) is 3.11 Å². The second-order valence-corrected chi connectivity index (χ2v) is 5.05. The molecule has 0 N–H and O–H groups in total. The van der Waals surface area contributed by atoms with Crippen molar-refractivity contribution in [3.05, 3.63) is 0 Å². The van der Waals surface area contributed by atoms with E-state index in [1.54, 1.807) is 0 Å². The highest BCUT2D eigenvalue weighted by atomic mass is 127. The Morgan fingerprint density at radius 2 is 2.10 bits per heavy atom. The van der Waals surface area contributed by atoms with E-state index in [2.05, 4.69) is 46.7 Å². The minimum atomic E-state index is 0.679. The van der Waals surface area contributed by atoms with Gasteiger partial charge in [0.2, 0.25) is 0 Å². The van der Waals surface area contributed by atoms with Crippen LogP contribution in [0.25, 0.3) is 0 Å². The van der Waals surface area contributed by atoms with Gasteiger partial charge >= 0.3 is 0 Å². The summed E-state index contributed by atoms with van der Waals surface area (Å²) in [5.74, 6) is 2.50. The highest BCUT2D eigenvalue weighted by Crippen LogP contribution is 2.08. The summed E-state index contributed by atoms with van der Waals surface area (Å²) in [4.78, 5) is 0. The lowest BCUT2D eigenvalue weighted by Crippen LogP contribution is -2.22. The van der Waals surface area contributed by atoms with Crippen LogP contribution in [0.5, 0.6) is 0 Å². The first-order valence-electron chi connectivity index (χ1n) is 3.68. The second-order valence-electron chi connectivity index (χ2n) is 2.41. The molecule has 0 saturated heterocycles. The Labute approximate surface area is 82.4 Å². The van der Waals surface area contributed by atoms with Gasteiger partial charge in [0.05, 0.1) is 0 Å². The molecule has 0 aromatic carbocycles. The molecule has 0 bridgehead atoms. The van der Waals surface area contributed by atoms with E-state index in [4.69, 9.17) is 0 Å². The molecule has 0 unspecified atom stereocenters. The molecule has 0 atom stereocenters. The van der Waals surface area contributed by atoms with Crippen LogP contribution in [0.15, 0.2) is 0 Å². The van der Waals surface area contributed by atoms with E-state index in [1.807, 2.05) is 11.8 Å². The van der Waals surface area contributed by atoms with Gasteiger partial charge in [-0.05, 0) is 19.6 Å². The molecule has 0 fully saturated rings. The summed E-state index contributed by atoms with van der Waals surface area (Å²) < 4.78 is 2.35. The molecule has 0 aliphatic carbocycles. The first kappa shape index (κ1) is 11.0. The molecule has 0 spiro atoms. The van der Waals surface area contributed by atoms with Gasteiger partial charge in [-0.3, -0.25) is 0 Å². The molecule has 10 heavy (non-hydrogen) atoms. The summed E-state index contributed by atoms with van der Waals surface area (Å²) in [6.07, 6.45) is 0. The zero-order valence-corrected chi connectivity index (χ0v) is 9.91. The van der Waals surface area contributed by atoms with E-state index in [9.17, 15) is 0 Å². The molecule has 0 aromatic heterocycles. The van der Waals surface area contributed by atoms with Crippen molar-refractivity contribution in [2.45, 2.75) is 26.8 Å². The van der Waals surface area contributed by atoms with Crippen molar-refractivity contribution in [1.82, 2.24) is 3.11 Å². The van der Waals surface area contributed by atoms with E-state index >= 15 is 0 Å². The third-order valence-corrected chi connectivity index (χ3v) is 3.69. The van der Waals surface area contributed by atoms with E-state index < -0.39 is 0 Å². The first-order valence-corrected chi connectivity index (χ1v) is 5.80. The summed E-state index contributed by atoms with van der Waals surface area (Å²) in [7, 11) is 0. The fourth-order valence-corrected chi connectivity index (χ4v) is 1.74. The fraction of sp³-hybridized carbons (Fsp3) is 1.00. The van der Waals surface area contributed by atoms with Crippen molar-refractivity contribution >= 4 is 34.6 Å². The molecule has 1 nitrogen and oxygen atoms in total. The van der Waals surface area contributed by atoms with Crippen molar-refractivity contribution in [2.24, 2.45) is 0 Å². The average Bonchev–Trinajstić information content (AvgIpc) is 1.88. The standard InChI is InChI=1S/C7H16INS/c1-4-10-6-5-9(8)7(2)3/h7H,4-6H2,1-3H3. The predicted molar refractivity (Wildman–Crippen MR) is 58.9 cm³/mol. The molecule has 0 aliphatic heterocycles. The summed E-state index contributed by atoms with van der Waals surface area (Å²) in [5.41, 5.74) is 0. The minimum absolute atomic E-state index is 0.679. The molecule has 0 amide bonds. The van der Waals surface area contributed by atoms with Crippen LogP contribution in [-0.4, -0.2) is 27.2 Å². The van der Waals surface area contributed by atoms with Gasteiger partial charge in [0.25, 0.3) is 0 Å². The molecule has 0 radical (unpaired) electrons. The maximum Gasteiger partial charge on any atom is 0.0204 e. The van der Waals surface area contributed by atoms with Crippen LogP contribution >= 0.6 is 34.6 Å². The van der Waals surface area contributed by atoms with Crippen LogP contribution in [0, 0.1) is 0 Å². The van der Waals surface area contributed by atoms with Crippen molar-refractivity contribution in [3.63, 3.8) is 0 Å². The summed E-state index contributed by atoms with van der Waals surface area (Å²) in [6.45, 7) is 7.86. The number of halogens is 1. The molecule has 0 aliphatic rings. The summed E-state index contributed by atoms with van der Waals surface area (Å²) in [6, 6.07) is 0.679. The van der Waals surface area contributed by atoms with Gasteiger partial charge in [0.15, 0.2) is 0 Å². The van der Waals surface area contributed by atoms with Crippen LogP contribution in [0.2, 0.25) is 0 Å². The van der Waals surface area contributed by atoms with Gasteiger partial charge in [0.1, 0.15) is 0 Å². The number of hydrogen-bond acceptors (Lipinski definition) is 2. The maximum absolute atomic E-state index is 2.39. The number of nitrogens with zero attached hydrogens (tertiary/aromatic N) is 1. The van der Waals surface area contributed by atoms with E-state index in [0.717, 1.165) is 0 Å². The number of hydrogen-bond donors (Lipinski definition) is 0. The number of thioether (sulfide) groups is 1. The Balaban J connectivity index is 3.13. The van der Waals surface area contributed by atoms with Gasteiger partial charge in [-0.2, -0.15) is 11.8 Å². The quantitative estimate of drug-likeness (QED) is 0.430. The molecule has 0 heterocycles. The van der Waals surface area contributed by atoms with Crippen molar-refractivity contribution in [2.75, 3.05) is 18.1 Å². The zero-order valence-electron chi connectivity index (χ0n) is 6.93. The molecule has 0 saturated carbocycles. The van der Waals surface area contributed by atoms with Crippen LogP contribution < -0.4 is 0 Å². The summed E-state index contributed by atoms with van der Waals surface area (Å²) >= 11 is 4.40. The predicted octanol–water partition coefficient (Wildman–Crippen LogP) is 2.80. The molecule has 3 heteroatoms. The molecule has 0 rings (SSSR count). The lowest BCUT2D eigenvalue weighted by molar-refractivity contribution is 0.454. The molecule has 62 valence electrons. The smallest absolute Gasteiger partial charge is 0.0204 e. The van der Waals surface area contributed by atoms with E-state index in [0.29, 0.717) is 6.04 Å². The zero-order chi connectivity index (χ0) is 7.98. The average molecular weight is 273 g/mol. The second kappa shape index (κ2) is 6.73. The third kappa shape index (κ3) is 5.80. The van der Waals surface area contributed by atoms with Crippen LogP contribution in [0.3, 0.4) is 0 Å². The van der Waals surface area contributed by atoms with Crippen molar-refractivity contribution in [1.29, 1.82) is 0 Å². The van der Waals surface area contributed by atoms with Crippen molar-refractivity contribution in [3.8, 4) is 0 Å².